The van der Waals surface area contributed by atoms with Gasteiger partial charge in [-0.1, -0.05) is 12.1 Å². The Balaban J connectivity index is 1.92. The fourth-order valence-corrected chi connectivity index (χ4v) is 2.41. The predicted octanol–water partition coefficient (Wildman–Crippen LogP) is 3.92. The molecule has 0 aliphatic rings. The van der Waals surface area contributed by atoms with E-state index in [9.17, 15) is 0 Å². The van der Waals surface area contributed by atoms with Crippen molar-refractivity contribution in [2.45, 2.75) is 46.4 Å². The van der Waals surface area contributed by atoms with Crippen LogP contribution in [0.3, 0.4) is 0 Å². The summed E-state index contributed by atoms with van der Waals surface area (Å²) in [6, 6.07) is 8.21. The number of hydrogen-bond donors (Lipinski definition) is 1. The number of nitrogens with zero attached hydrogens (tertiary/aromatic N) is 1. The number of aryl methyl sites for hydroxylation is 1. The minimum Gasteiger partial charge on any atom is -0.486 e. The average molecular weight is 290 g/mol. The number of nitrogens with one attached hydrogen (secondary N) is 1. The van der Waals surface area contributed by atoms with Gasteiger partial charge in [-0.15, -0.1) is 11.3 Å². The first-order valence-corrected chi connectivity index (χ1v) is 7.68. The molecule has 0 unspecified atom stereocenters. The third-order valence-electron chi connectivity index (χ3n) is 2.75. The molecular formula is C16H22N2OS. The first-order chi connectivity index (χ1) is 9.42. The minimum atomic E-state index is 0.120. The van der Waals surface area contributed by atoms with Crippen molar-refractivity contribution in [2.24, 2.45) is 0 Å². The van der Waals surface area contributed by atoms with Crippen molar-refractivity contribution in [1.29, 1.82) is 0 Å². The molecule has 2 aromatic rings. The molecule has 0 saturated carbocycles. The van der Waals surface area contributed by atoms with Crippen LogP contribution >= 0.6 is 11.3 Å². The van der Waals surface area contributed by atoms with Gasteiger partial charge < -0.3 is 10.1 Å². The van der Waals surface area contributed by atoms with E-state index < -0.39 is 0 Å². The van der Waals surface area contributed by atoms with Crippen LogP contribution in [0, 0.1) is 6.92 Å². The highest BCUT2D eigenvalue weighted by Crippen LogP contribution is 2.17. The molecule has 2 rings (SSSR count). The summed E-state index contributed by atoms with van der Waals surface area (Å²) in [7, 11) is 0. The van der Waals surface area contributed by atoms with E-state index in [-0.39, 0.29) is 5.54 Å². The maximum Gasteiger partial charge on any atom is 0.140 e. The molecular weight excluding hydrogens is 268 g/mol. The topological polar surface area (TPSA) is 34.1 Å². The molecule has 0 radical (unpaired) electrons. The smallest absolute Gasteiger partial charge is 0.140 e. The van der Waals surface area contributed by atoms with Gasteiger partial charge in [-0.2, -0.15) is 0 Å². The lowest BCUT2D eigenvalue weighted by Gasteiger charge is -2.20. The van der Waals surface area contributed by atoms with Gasteiger partial charge in [0, 0.05) is 23.2 Å². The van der Waals surface area contributed by atoms with Crippen molar-refractivity contribution < 1.29 is 4.74 Å². The van der Waals surface area contributed by atoms with E-state index in [2.05, 4.69) is 43.2 Å². The van der Waals surface area contributed by atoms with Gasteiger partial charge in [0.15, 0.2) is 0 Å². The Labute approximate surface area is 125 Å². The number of rotatable bonds is 5. The van der Waals surface area contributed by atoms with Crippen LogP contribution in [-0.2, 0) is 13.2 Å². The van der Waals surface area contributed by atoms with Crippen molar-refractivity contribution >= 4 is 11.3 Å². The lowest BCUT2D eigenvalue weighted by Crippen LogP contribution is -2.35. The largest absolute Gasteiger partial charge is 0.486 e. The summed E-state index contributed by atoms with van der Waals surface area (Å²) in [4.78, 5) is 4.40. The Morgan fingerprint density at radius 2 is 2.10 bits per heavy atom. The lowest BCUT2D eigenvalue weighted by atomic mass is 10.1. The van der Waals surface area contributed by atoms with Gasteiger partial charge in [0.25, 0.3) is 0 Å². The molecule has 0 atom stereocenters. The fourth-order valence-electron chi connectivity index (χ4n) is 1.73. The zero-order valence-electron chi connectivity index (χ0n) is 12.6. The highest BCUT2D eigenvalue weighted by molar-refractivity contribution is 7.09. The lowest BCUT2D eigenvalue weighted by molar-refractivity contribution is 0.305. The third kappa shape index (κ3) is 4.94. The van der Waals surface area contributed by atoms with E-state index in [0.29, 0.717) is 6.61 Å². The summed E-state index contributed by atoms with van der Waals surface area (Å²) in [5.41, 5.74) is 2.40. The van der Waals surface area contributed by atoms with Crippen LogP contribution < -0.4 is 10.1 Å². The van der Waals surface area contributed by atoms with E-state index in [1.807, 2.05) is 24.4 Å². The molecule has 20 heavy (non-hydrogen) atoms. The van der Waals surface area contributed by atoms with Crippen molar-refractivity contribution in [2.75, 3.05) is 0 Å². The second-order valence-corrected chi connectivity index (χ2v) is 6.86. The molecule has 1 N–H and O–H groups in total. The second kappa shape index (κ2) is 6.37. The Morgan fingerprint density at radius 1 is 1.30 bits per heavy atom. The summed E-state index contributed by atoms with van der Waals surface area (Å²) in [5, 5.41) is 6.54. The van der Waals surface area contributed by atoms with Crippen LogP contribution in [0.4, 0.5) is 0 Å². The van der Waals surface area contributed by atoms with Gasteiger partial charge in [0.2, 0.25) is 0 Å². The predicted molar refractivity (Wildman–Crippen MR) is 84.2 cm³/mol. The number of thiazole rings is 1. The number of hydrogen-bond acceptors (Lipinski definition) is 4. The van der Waals surface area contributed by atoms with Crippen molar-refractivity contribution in [3.8, 4) is 5.75 Å². The number of aromatic nitrogens is 1. The molecule has 1 heterocycles. The fraction of sp³-hybridized carbons (Fsp3) is 0.438. The van der Waals surface area contributed by atoms with Gasteiger partial charge in [-0.25, -0.2) is 4.98 Å². The highest BCUT2D eigenvalue weighted by Gasteiger charge is 2.08. The molecule has 0 aliphatic carbocycles. The summed E-state index contributed by atoms with van der Waals surface area (Å²) < 4.78 is 5.80. The molecule has 0 fully saturated rings. The molecule has 0 bridgehead atoms. The molecule has 0 spiro atoms. The highest BCUT2D eigenvalue weighted by atomic mass is 32.1. The van der Waals surface area contributed by atoms with Crippen LogP contribution in [0.15, 0.2) is 29.6 Å². The van der Waals surface area contributed by atoms with Gasteiger partial charge in [0.1, 0.15) is 17.4 Å². The molecule has 0 saturated heterocycles. The zero-order chi connectivity index (χ0) is 14.6. The minimum absolute atomic E-state index is 0.120. The number of benzene rings is 1. The Hall–Kier alpha value is -1.39. The summed E-state index contributed by atoms with van der Waals surface area (Å²) in [6.45, 7) is 9.87. The summed E-state index contributed by atoms with van der Waals surface area (Å²) >= 11 is 1.64. The molecule has 1 aromatic carbocycles. The van der Waals surface area contributed by atoms with Crippen LogP contribution in [0.25, 0.3) is 0 Å². The van der Waals surface area contributed by atoms with Gasteiger partial charge >= 0.3 is 0 Å². The average Bonchev–Trinajstić information content (AvgIpc) is 2.80. The van der Waals surface area contributed by atoms with E-state index in [1.165, 1.54) is 5.56 Å². The van der Waals surface area contributed by atoms with Crippen LogP contribution in [-0.4, -0.2) is 10.5 Å². The van der Waals surface area contributed by atoms with Crippen molar-refractivity contribution in [3.05, 3.63) is 45.9 Å². The van der Waals surface area contributed by atoms with Gasteiger partial charge in [-0.05, 0) is 45.4 Å². The summed E-state index contributed by atoms with van der Waals surface area (Å²) in [5.74, 6) is 0.895. The van der Waals surface area contributed by atoms with E-state index in [0.717, 1.165) is 23.0 Å². The first kappa shape index (κ1) is 15.0. The van der Waals surface area contributed by atoms with Crippen LogP contribution in [0.5, 0.6) is 5.75 Å². The van der Waals surface area contributed by atoms with E-state index in [4.69, 9.17) is 4.74 Å². The van der Waals surface area contributed by atoms with E-state index in [1.54, 1.807) is 11.3 Å². The summed E-state index contributed by atoms with van der Waals surface area (Å²) in [6.07, 6.45) is 0. The first-order valence-electron chi connectivity index (χ1n) is 6.80. The monoisotopic (exact) mass is 290 g/mol. The van der Waals surface area contributed by atoms with E-state index >= 15 is 0 Å². The normalized spacial score (nSPS) is 11.6. The maximum atomic E-state index is 5.80. The standard InChI is InChI=1S/C16H22N2OS/c1-12-11-20-15(18-12)10-19-14-7-5-6-13(8-14)9-17-16(2,3)4/h5-8,11,17H,9-10H2,1-4H3. The second-order valence-electron chi connectivity index (χ2n) is 5.92. The number of ether oxygens (including phenoxy) is 1. The molecule has 1 aromatic heterocycles. The maximum absolute atomic E-state index is 5.80. The van der Waals surface area contributed by atoms with Gasteiger partial charge in [-0.3, -0.25) is 0 Å². The van der Waals surface area contributed by atoms with Crippen LogP contribution in [0.2, 0.25) is 0 Å². The Morgan fingerprint density at radius 3 is 2.75 bits per heavy atom. The van der Waals surface area contributed by atoms with Crippen LogP contribution in [0.1, 0.15) is 37.0 Å². The quantitative estimate of drug-likeness (QED) is 0.906. The van der Waals surface area contributed by atoms with Crippen molar-refractivity contribution in [3.63, 3.8) is 0 Å². The molecule has 0 aliphatic heterocycles. The SMILES string of the molecule is Cc1csc(COc2cccc(CNC(C)(C)C)c2)n1. The molecule has 108 valence electrons. The Bertz CT molecular complexity index is 558. The molecule has 3 nitrogen and oxygen atoms in total. The van der Waals surface area contributed by atoms with Gasteiger partial charge in [0.05, 0.1) is 0 Å². The van der Waals surface area contributed by atoms with Crippen molar-refractivity contribution in [1.82, 2.24) is 10.3 Å². The zero-order valence-corrected chi connectivity index (χ0v) is 13.4. The molecule has 0 amide bonds. The Kier molecular flexibility index (Phi) is 4.78. The molecule has 4 heteroatoms. The third-order valence-corrected chi connectivity index (χ3v) is 3.69.